The molecule has 0 bridgehead atoms. The average molecular weight is 233 g/mol. The minimum Gasteiger partial charge on any atom is -0.311 e. The maximum Gasteiger partial charge on any atom is 0.0138 e. The lowest BCUT2D eigenvalue weighted by atomic mass is 9.70. The fourth-order valence-corrected chi connectivity index (χ4v) is 4.19. The van der Waals surface area contributed by atoms with Gasteiger partial charge in [0.1, 0.15) is 0 Å². The molecule has 0 aromatic heterocycles. The van der Waals surface area contributed by atoms with Crippen molar-refractivity contribution in [3.8, 4) is 0 Å². The highest BCUT2D eigenvalue weighted by molar-refractivity contribution is 5.13. The van der Waals surface area contributed by atoms with E-state index in [1.54, 1.807) is 0 Å². The first kappa shape index (κ1) is 11.8. The summed E-state index contributed by atoms with van der Waals surface area (Å²) in [6.45, 7) is 2.43. The lowest BCUT2D eigenvalue weighted by molar-refractivity contribution is 0.137. The van der Waals surface area contributed by atoms with Crippen molar-refractivity contribution in [2.75, 3.05) is 0 Å². The molecular weight excluding hydrogens is 206 g/mol. The monoisotopic (exact) mass is 233 g/mol. The summed E-state index contributed by atoms with van der Waals surface area (Å²) in [5, 5.41) is 3.93. The number of hydrogen-bond donors (Lipinski definition) is 1. The van der Waals surface area contributed by atoms with Crippen LogP contribution in [0.5, 0.6) is 0 Å². The second-order valence-corrected chi connectivity index (χ2v) is 6.55. The summed E-state index contributed by atoms with van der Waals surface area (Å²) in [6, 6.07) is 1.55. The molecule has 0 radical (unpaired) electrons. The van der Waals surface area contributed by atoms with Gasteiger partial charge < -0.3 is 5.32 Å². The summed E-state index contributed by atoms with van der Waals surface area (Å²) >= 11 is 0. The minimum absolute atomic E-state index is 0.744. The predicted molar refractivity (Wildman–Crippen MR) is 72.9 cm³/mol. The van der Waals surface area contributed by atoms with Crippen molar-refractivity contribution in [2.45, 2.75) is 70.4 Å². The normalized spacial score (nSPS) is 39.5. The van der Waals surface area contributed by atoms with Crippen LogP contribution < -0.4 is 5.32 Å². The van der Waals surface area contributed by atoms with Crippen LogP contribution in [0.1, 0.15) is 58.3 Å². The van der Waals surface area contributed by atoms with Gasteiger partial charge >= 0.3 is 0 Å². The highest BCUT2D eigenvalue weighted by Crippen LogP contribution is 2.43. The zero-order valence-electron chi connectivity index (χ0n) is 11.2. The molecule has 3 aliphatic carbocycles. The Bertz CT molecular complexity index is 275. The Labute approximate surface area is 106 Å². The summed E-state index contributed by atoms with van der Waals surface area (Å²) in [6.07, 6.45) is 16.4. The summed E-state index contributed by atoms with van der Waals surface area (Å²) in [5.41, 5.74) is 0. The van der Waals surface area contributed by atoms with Crippen molar-refractivity contribution in [1.82, 2.24) is 5.32 Å². The Morgan fingerprint density at radius 1 is 1.12 bits per heavy atom. The van der Waals surface area contributed by atoms with E-state index in [2.05, 4.69) is 24.4 Å². The van der Waals surface area contributed by atoms with E-state index in [1.165, 1.54) is 51.4 Å². The number of rotatable bonds is 3. The van der Waals surface area contributed by atoms with Crippen molar-refractivity contribution < 1.29 is 0 Å². The first-order chi connectivity index (χ1) is 8.34. The highest BCUT2D eigenvalue weighted by atomic mass is 15.0. The number of hydrogen-bond acceptors (Lipinski definition) is 1. The highest BCUT2D eigenvalue weighted by Gasteiger charge is 2.41. The first-order valence-electron chi connectivity index (χ1n) is 7.77. The lowest BCUT2D eigenvalue weighted by Crippen LogP contribution is -2.52. The summed E-state index contributed by atoms with van der Waals surface area (Å²) in [4.78, 5) is 0. The molecule has 0 spiro atoms. The zero-order chi connectivity index (χ0) is 11.7. The number of nitrogens with one attached hydrogen (secondary N) is 1. The maximum absolute atomic E-state index is 3.93. The Hall–Kier alpha value is -0.300. The molecule has 1 N–H and O–H groups in total. The fourth-order valence-electron chi connectivity index (χ4n) is 4.19. The molecule has 0 aliphatic heterocycles. The lowest BCUT2D eigenvalue weighted by Gasteiger charge is -2.43. The van der Waals surface area contributed by atoms with E-state index in [1.807, 2.05) is 0 Å². The third kappa shape index (κ3) is 2.45. The van der Waals surface area contributed by atoms with Crippen LogP contribution >= 0.6 is 0 Å². The third-order valence-electron chi connectivity index (χ3n) is 5.45. The van der Waals surface area contributed by atoms with Gasteiger partial charge in [0, 0.05) is 12.1 Å². The van der Waals surface area contributed by atoms with Gasteiger partial charge in [0.05, 0.1) is 0 Å². The van der Waals surface area contributed by atoms with Crippen LogP contribution in [0.25, 0.3) is 0 Å². The van der Waals surface area contributed by atoms with Crippen molar-refractivity contribution in [2.24, 2.45) is 17.8 Å². The molecule has 17 heavy (non-hydrogen) atoms. The molecule has 96 valence electrons. The maximum atomic E-state index is 3.93. The van der Waals surface area contributed by atoms with Gasteiger partial charge in [-0.25, -0.2) is 0 Å². The standard InChI is InChI=1S/C16H27N/c1-12(13-7-4-2-3-5-8-13)17-16-11-14-9-6-10-15(14)16/h6,10,12-17H,2-5,7-9,11H2,1H3/t12-,14?,15?,16?/m0/s1. The summed E-state index contributed by atoms with van der Waals surface area (Å²) < 4.78 is 0. The molecule has 3 aliphatic rings. The Morgan fingerprint density at radius 3 is 2.59 bits per heavy atom. The van der Waals surface area contributed by atoms with Gasteiger partial charge in [-0.05, 0) is 50.4 Å². The van der Waals surface area contributed by atoms with Crippen LogP contribution in [-0.4, -0.2) is 12.1 Å². The molecule has 2 saturated carbocycles. The molecule has 0 heterocycles. The van der Waals surface area contributed by atoms with Gasteiger partial charge in [0.25, 0.3) is 0 Å². The molecule has 1 heteroatoms. The SMILES string of the molecule is C[C@H](NC1CC2CC=CC21)C1CCCCCC1. The van der Waals surface area contributed by atoms with Crippen LogP contribution in [0, 0.1) is 17.8 Å². The van der Waals surface area contributed by atoms with Crippen molar-refractivity contribution in [1.29, 1.82) is 0 Å². The zero-order valence-corrected chi connectivity index (χ0v) is 11.2. The Balaban J connectivity index is 1.49. The minimum atomic E-state index is 0.744. The van der Waals surface area contributed by atoms with Crippen molar-refractivity contribution in [3.63, 3.8) is 0 Å². The van der Waals surface area contributed by atoms with Gasteiger partial charge in [-0.1, -0.05) is 37.8 Å². The van der Waals surface area contributed by atoms with E-state index in [-0.39, 0.29) is 0 Å². The third-order valence-corrected chi connectivity index (χ3v) is 5.45. The van der Waals surface area contributed by atoms with E-state index < -0.39 is 0 Å². The van der Waals surface area contributed by atoms with Gasteiger partial charge in [-0.2, -0.15) is 0 Å². The topological polar surface area (TPSA) is 12.0 Å². The quantitative estimate of drug-likeness (QED) is 0.576. The van der Waals surface area contributed by atoms with Gasteiger partial charge in [0.2, 0.25) is 0 Å². The average Bonchev–Trinajstić information content (AvgIpc) is 2.56. The van der Waals surface area contributed by atoms with Crippen LogP contribution in [0.4, 0.5) is 0 Å². The Morgan fingerprint density at radius 2 is 1.88 bits per heavy atom. The van der Waals surface area contributed by atoms with Crippen LogP contribution in [0.2, 0.25) is 0 Å². The van der Waals surface area contributed by atoms with Crippen molar-refractivity contribution in [3.05, 3.63) is 12.2 Å². The second kappa shape index (κ2) is 5.14. The fraction of sp³-hybridized carbons (Fsp3) is 0.875. The van der Waals surface area contributed by atoms with Gasteiger partial charge in [-0.3, -0.25) is 0 Å². The van der Waals surface area contributed by atoms with E-state index in [9.17, 15) is 0 Å². The summed E-state index contributed by atoms with van der Waals surface area (Å²) in [7, 11) is 0. The molecule has 4 atom stereocenters. The molecular formula is C16H27N. The summed E-state index contributed by atoms with van der Waals surface area (Å²) in [5.74, 6) is 2.82. The molecule has 1 nitrogen and oxygen atoms in total. The molecule has 0 aromatic carbocycles. The molecule has 2 fully saturated rings. The first-order valence-corrected chi connectivity index (χ1v) is 7.77. The smallest absolute Gasteiger partial charge is 0.0138 e. The molecule has 0 amide bonds. The molecule has 0 saturated heterocycles. The predicted octanol–water partition coefficient (Wildman–Crippen LogP) is 3.90. The Kier molecular flexibility index (Phi) is 3.56. The van der Waals surface area contributed by atoms with Crippen LogP contribution in [0.15, 0.2) is 12.2 Å². The van der Waals surface area contributed by atoms with E-state index >= 15 is 0 Å². The van der Waals surface area contributed by atoms with E-state index in [0.29, 0.717) is 0 Å². The largest absolute Gasteiger partial charge is 0.311 e. The van der Waals surface area contributed by atoms with E-state index in [4.69, 9.17) is 0 Å². The number of allylic oxidation sites excluding steroid dienone is 1. The van der Waals surface area contributed by atoms with E-state index in [0.717, 1.165) is 29.8 Å². The number of fused-ring (bicyclic) bond motifs is 1. The molecule has 0 aromatic rings. The molecule has 3 rings (SSSR count). The van der Waals surface area contributed by atoms with Crippen LogP contribution in [0.3, 0.4) is 0 Å². The van der Waals surface area contributed by atoms with Crippen molar-refractivity contribution >= 4 is 0 Å². The molecule has 3 unspecified atom stereocenters. The van der Waals surface area contributed by atoms with Crippen LogP contribution in [-0.2, 0) is 0 Å². The van der Waals surface area contributed by atoms with Gasteiger partial charge in [0.15, 0.2) is 0 Å². The second-order valence-electron chi connectivity index (χ2n) is 6.55. The van der Waals surface area contributed by atoms with Gasteiger partial charge in [-0.15, -0.1) is 0 Å².